The van der Waals surface area contributed by atoms with Gasteiger partial charge in [0, 0.05) is 18.8 Å². The van der Waals surface area contributed by atoms with Crippen LogP contribution in [-0.2, 0) is 6.54 Å². The maximum atomic E-state index is 13.2. The summed E-state index contributed by atoms with van der Waals surface area (Å²) in [5.41, 5.74) is 1.46. The second-order valence-electron chi connectivity index (χ2n) is 4.02. The molecule has 0 aliphatic carbocycles. The molecule has 0 unspecified atom stereocenters. The van der Waals surface area contributed by atoms with Crippen LogP contribution in [0.4, 0.5) is 4.39 Å². The molecule has 1 aromatic heterocycles. The Labute approximate surface area is 111 Å². The highest BCUT2D eigenvalue weighted by Gasteiger charge is 2.06. The van der Waals surface area contributed by atoms with Gasteiger partial charge in [-0.05, 0) is 31.2 Å². The lowest BCUT2D eigenvalue weighted by Crippen LogP contribution is -2.14. The van der Waals surface area contributed by atoms with E-state index in [1.807, 2.05) is 6.07 Å². The standard InChI is InChI=1S/C13H15ClFN3/c1-2-6-16-9-11-5-7-18(17-11)13-8-10(15)3-4-12(13)14/h3-5,7-8,16H,2,6,9H2,1H3. The van der Waals surface area contributed by atoms with E-state index in [-0.39, 0.29) is 5.82 Å². The molecule has 0 saturated heterocycles. The maximum Gasteiger partial charge on any atom is 0.125 e. The first kappa shape index (κ1) is 13.1. The molecule has 0 aliphatic heterocycles. The van der Waals surface area contributed by atoms with Crippen molar-refractivity contribution in [3.63, 3.8) is 0 Å². The van der Waals surface area contributed by atoms with Crippen molar-refractivity contribution in [1.82, 2.24) is 15.1 Å². The van der Waals surface area contributed by atoms with Crippen molar-refractivity contribution >= 4 is 11.6 Å². The number of nitrogens with zero attached hydrogens (tertiary/aromatic N) is 2. The Hall–Kier alpha value is -1.39. The van der Waals surface area contributed by atoms with Gasteiger partial charge >= 0.3 is 0 Å². The average Bonchev–Trinajstić information content (AvgIpc) is 2.81. The second-order valence-corrected chi connectivity index (χ2v) is 4.43. The van der Waals surface area contributed by atoms with E-state index in [4.69, 9.17) is 11.6 Å². The van der Waals surface area contributed by atoms with Crippen LogP contribution in [0.1, 0.15) is 19.0 Å². The Balaban J connectivity index is 2.16. The van der Waals surface area contributed by atoms with Crippen LogP contribution >= 0.6 is 11.6 Å². The largest absolute Gasteiger partial charge is 0.311 e. The monoisotopic (exact) mass is 267 g/mol. The summed E-state index contributed by atoms with van der Waals surface area (Å²) >= 11 is 6.02. The first-order valence-corrected chi connectivity index (χ1v) is 6.29. The SMILES string of the molecule is CCCNCc1ccn(-c2cc(F)ccc2Cl)n1. The van der Waals surface area contributed by atoms with Gasteiger partial charge in [0.25, 0.3) is 0 Å². The van der Waals surface area contributed by atoms with E-state index in [1.54, 1.807) is 10.9 Å². The first-order chi connectivity index (χ1) is 8.70. The van der Waals surface area contributed by atoms with E-state index in [9.17, 15) is 4.39 Å². The van der Waals surface area contributed by atoms with Crippen molar-refractivity contribution in [2.45, 2.75) is 19.9 Å². The highest BCUT2D eigenvalue weighted by Crippen LogP contribution is 2.20. The smallest absolute Gasteiger partial charge is 0.125 e. The molecule has 96 valence electrons. The van der Waals surface area contributed by atoms with Crippen molar-refractivity contribution in [3.8, 4) is 5.69 Å². The lowest BCUT2D eigenvalue weighted by Gasteiger charge is -2.04. The molecule has 5 heteroatoms. The molecule has 0 bridgehead atoms. The van der Waals surface area contributed by atoms with Gasteiger partial charge in [0.2, 0.25) is 0 Å². The molecule has 1 aromatic carbocycles. The van der Waals surface area contributed by atoms with Crippen LogP contribution in [0.15, 0.2) is 30.5 Å². The fourth-order valence-electron chi connectivity index (χ4n) is 1.64. The van der Waals surface area contributed by atoms with Crippen molar-refractivity contribution in [3.05, 3.63) is 47.0 Å². The molecule has 1 heterocycles. The quantitative estimate of drug-likeness (QED) is 0.844. The zero-order chi connectivity index (χ0) is 13.0. The molecule has 1 N–H and O–H groups in total. The minimum Gasteiger partial charge on any atom is -0.311 e. The van der Waals surface area contributed by atoms with Gasteiger partial charge in [0.1, 0.15) is 5.82 Å². The van der Waals surface area contributed by atoms with E-state index in [1.165, 1.54) is 18.2 Å². The maximum absolute atomic E-state index is 13.2. The van der Waals surface area contributed by atoms with E-state index >= 15 is 0 Å². The summed E-state index contributed by atoms with van der Waals surface area (Å²) in [6.45, 7) is 3.76. The Morgan fingerprint density at radius 1 is 1.39 bits per heavy atom. The topological polar surface area (TPSA) is 29.9 Å². The van der Waals surface area contributed by atoms with E-state index in [0.29, 0.717) is 17.3 Å². The van der Waals surface area contributed by atoms with Crippen LogP contribution in [0.2, 0.25) is 5.02 Å². The summed E-state index contributed by atoms with van der Waals surface area (Å²) in [7, 11) is 0. The van der Waals surface area contributed by atoms with Crippen LogP contribution in [0.5, 0.6) is 0 Å². The van der Waals surface area contributed by atoms with Crippen LogP contribution in [0, 0.1) is 5.82 Å². The predicted octanol–water partition coefficient (Wildman–Crippen LogP) is 3.16. The molecule has 0 aliphatic rings. The van der Waals surface area contributed by atoms with Gasteiger partial charge in [-0.1, -0.05) is 18.5 Å². The normalized spacial score (nSPS) is 10.8. The van der Waals surface area contributed by atoms with E-state index < -0.39 is 0 Å². The highest BCUT2D eigenvalue weighted by molar-refractivity contribution is 6.32. The van der Waals surface area contributed by atoms with Gasteiger partial charge < -0.3 is 5.32 Å². The summed E-state index contributed by atoms with van der Waals surface area (Å²) in [6, 6.07) is 6.13. The Morgan fingerprint density at radius 2 is 2.22 bits per heavy atom. The molecule has 0 radical (unpaired) electrons. The van der Waals surface area contributed by atoms with Gasteiger partial charge in [-0.15, -0.1) is 0 Å². The minimum atomic E-state index is -0.324. The number of halogens is 2. The van der Waals surface area contributed by atoms with Crippen LogP contribution in [0.25, 0.3) is 5.69 Å². The number of benzene rings is 1. The summed E-state index contributed by atoms with van der Waals surface area (Å²) in [4.78, 5) is 0. The first-order valence-electron chi connectivity index (χ1n) is 5.91. The summed E-state index contributed by atoms with van der Waals surface area (Å²) in [6.07, 6.45) is 2.86. The fraction of sp³-hybridized carbons (Fsp3) is 0.308. The van der Waals surface area contributed by atoms with E-state index in [2.05, 4.69) is 17.3 Å². The predicted molar refractivity (Wildman–Crippen MR) is 70.5 cm³/mol. The Morgan fingerprint density at radius 3 is 3.00 bits per heavy atom. The van der Waals surface area contributed by atoms with Crippen molar-refractivity contribution in [2.75, 3.05) is 6.54 Å². The molecule has 0 spiro atoms. The molecule has 2 rings (SSSR count). The van der Waals surface area contributed by atoms with Gasteiger partial charge in [0.15, 0.2) is 0 Å². The van der Waals surface area contributed by atoms with Gasteiger partial charge in [-0.3, -0.25) is 0 Å². The number of rotatable bonds is 5. The molecule has 0 amide bonds. The summed E-state index contributed by atoms with van der Waals surface area (Å²) in [5.74, 6) is -0.324. The third-order valence-electron chi connectivity index (χ3n) is 2.53. The average molecular weight is 268 g/mol. The zero-order valence-corrected chi connectivity index (χ0v) is 10.9. The highest BCUT2D eigenvalue weighted by atomic mass is 35.5. The Bertz CT molecular complexity index is 525. The lowest BCUT2D eigenvalue weighted by molar-refractivity contribution is 0.624. The van der Waals surface area contributed by atoms with Gasteiger partial charge in [0.05, 0.1) is 16.4 Å². The number of aromatic nitrogens is 2. The molecule has 0 saturated carbocycles. The molecule has 2 aromatic rings. The van der Waals surface area contributed by atoms with Crippen LogP contribution in [0.3, 0.4) is 0 Å². The molecule has 18 heavy (non-hydrogen) atoms. The lowest BCUT2D eigenvalue weighted by atomic mass is 10.3. The third kappa shape index (κ3) is 3.09. The third-order valence-corrected chi connectivity index (χ3v) is 2.85. The van der Waals surface area contributed by atoms with Crippen molar-refractivity contribution in [2.24, 2.45) is 0 Å². The number of hydrogen-bond acceptors (Lipinski definition) is 2. The zero-order valence-electron chi connectivity index (χ0n) is 10.2. The minimum absolute atomic E-state index is 0.324. The molecule has 0 atom stereocenters. The molecular weight excluding hydrogens is 253 g/mol. The van der Waals surface area contributed by atoms with E-state index in [0.717, 1.165) is 18.7 Å². The second kappa shape index (κ2) is 5.98. The van der Waals surface area contributed by atoms with Gasteiger partial charge in [-0.25, -0.2) is 9.07 Å². The number of nitrogens with one attached hydrogen (secondary N) is 1. The summed E-state index contributed by atoms with van der Waals surface area (Å²) in [5, 5.41) is 8.10. The summed E-state index contributed by atoms with van der Waals surface area (Å²) < 4.78 is 14.8. The number of hydrogen-bond donors (Lipinski definition) is 1. The molecular formula is C13H15ClFN3. The Kier molecular flexibility index (Phi) is 4.33. The van der Waals surface area contributed by atoms with Gasteiger partial charge in [-0.2, -0.15) is 5.10 Å². The van der Waals surface area contributed by atoms with Crippen LogP contribution < -0.4 is 5.32 Å². The van der Waals surface area contributed by atoms with Crippen molar-refractivity contribution < 1.29 is 4.39 Å². The van der Waals surface area contributed by atoms with Crippen molar-refractivity contribution in [1.29, 1.82) is 0 Å². The molecule has 0 fully saturated rings. The molecule has 3 nitrogen and oxygen atoms in total. The fourth-order valence-corrected chi connectivity index (χ4v) is 1.85. The van der Waals surface area contributed by atoms with Crippen LogP contribution in [-0.4, -0.2) is 16.3 Å².